The van der Waals surface area contributed by atoms with E-state index in [1.807, 2.05) is 48.5 Å². The molecule has 1 unspecified atom stereocenters. The van der Waals surface area contributed by atoms with Gasteiger partial charge in [-0.05, 0) is 28.9 Å². The molecular weight excluding hydrogens is 396 g/mol. The molecule has 1 N–H and O–H groups in total. The number of quaternary nitrogens is 1. The molecule has 0 spiro atoms. The van der Waals surface area contributed by atoms with Crippen LogP contribution in [0.25, 0.3) is 5.57 Å². The summed E-state index contributed by atoms with van der Waals surface area (Å²) >= 11 is 0. The molecule has 0 aromatic heterocycles. The average Bonchev–Trinajstić information content (AvgIpc) is 3.13. The van der Waals surface area contributed by atoms with Crippen LogP contribution >= 0.6 is 0 Å². The summed E-state index contributed by atoms with van der Waals surface area (Å²) in [6.45, 7) is 2.48. The SMILES string of the molecule is O=C(C[NH+]1CC=C(c2ccccc2)CC1)N(Cc1ccccc1)[C@H]1C=CS(=O)(=O)C1. The Morgan fingerprint density at radius 2 is 1.73 bits per heavy atom. The summed E-state index contributed by atoms with van der Waals surface area (Å²) in [5.41, 5.74) is 3.58. The van der Waals surface area contributed by atoms with Gasteiger partial charge in [-0.1, -0.05) is 60.7 Å². The number of carbonyl (C=O) groups excluding carboxylic acids is 1. The van der Waals surface area contributed by atoms with Crippen molar-refractivity contribution in [3.8, 4) is 0 Å². The van der Waals surface area contributed by atoms with Gasteiger partial charge >= 0.3 is 0 Å². The van der Waals surface area contributed by atoms with Crippen molar-refractivity contribution in [2.45, 2.75) is 19.0 Å². The maximum absolute atomic E-state index is 13.2. The lowest BCUT2D eigenvalue weighted by Gasteiger charge is -2.30. The van der Waals surface area contributed by atoms with Crippen molar-refractivity contribution in [2.24, 2.45) is 0 Å². The summed E-state index contributed by atoms with van der Waals surface area (Å²) in [4.78, 5) is 16.2. The molecule has 2 aromatic carbocycles. The highest BCUT2D eigenvalue weighted by Gasteiger charge is 2.32. The van der Waals surface area contributed by atoms with Crippen LogP contribution in [0, 0.1) is 0 Å². The van der Waals surface area contributed by atoms with Crippen molar-refractivity contribution in [1.29, 1.82) is 0 Å². The van der Waals surface area contributed by atoms with Gasteiger partial charge in [0, 0.05) is 18.4 Å². The standard InChI is InChI=1S/C24H26N2O3S/c27-24(18-25-14-11-22(12-15-25)21-9-5-2-6-10-21)26(17-20-7-3-1-4-8-20)23-13-16-30(28,29)19-23/h1-11,13,16,23H,12,14-15,17-19H2/p+1/t23-/m0/s1. The molecule has 0 bridgehead atoms. The van der Waals surface area contributed by atoms with E-state index < -0.39 is 15.9 Å². The van der Waals surface area contributed by atoms with E-state index in [9.17, 15) is 13.2 Å². The second kappa shape index (κ2) is 8.98. The Morgan fingerprint density at radius 1 is 1.03 bits per heavy atom. The molecule has 0 fully saturated rings. The zero-order valence-electron chi connectivity index (χ0n) is 16.9. The Bertz CT molecular complexity index is 1050. The summed E-state index contributed by atoms with van der Waals surface area (Å²) in [5, 5.41) is 1.24. The maximum atomic E-state index is 13.2. The smallest absolute Gasteiger partial charge is 0.278 e. The molecule has 0 saturated heterocycles. The quantitative estimate of drug-likeness (QED) is 0.770. The first-order chi connectivity index (χ1) is 14.5. The van der Waals surface area contributed by atoms with Crippen molar-refractivity contribution in [1.82, 2.24) is 4.90 Å². The van der Waals surface area contributed by atoms with Crippen molar-refractivity contribution in [2.75, 3.05) is 25.4 Å². The predicted molar refractivity (Wildman–Crippen MR) is 118 cm³/mol. The van der Waals surface area contributed by atoms with Gasteiger partial charge in [0.05, 0.1) is 24.9 Å². The van der Waals surface area contributed by atoms with Crippen LogP contribution < -0.4 is 4.90 Å². The van der Waals surface area contributed by atoms with Crippen molar-refractivity contribution >= 4 is 21.3 Å². The number of hydrogen-bond acceptors (Lipinski definition) is 3. The first-order valence-electron chi connectivity index (χ1n) is 10.3. The van der Waals surface area contributed by atoms with E-state index in [0.29, 0.717) is 13.1 Å². The minimum atomic E-state index is -3.23. The molecule has 0 saturated carbocycles. The summed E-state index contributed by atoms with van der Waals surface area (Å²) in [6, 6.07) is 19.7. The molecule has 156 valence electrons. The van der Waals surface area contributed by atoms with Crippen LogP contribution in [-0.4, -0.2) is 50.7 Å². The Morgan fingerprint density at radius 3 is 2.33 bits per heavy atom. The summed E-state index contributed by atoms with van der Waals surface area (Å²) in [5.74, 6) is -0.0314. The fraction of sp³-hybridized carbons (Fsp3) is 0.292. The van der Waals surface area contributed by atoms with E-state index in [2.05, 4.69) is 18.2 Å². The maximum Gasteiger partial charge on any atom is 0.278 e. The molecule has 4 rings (SSSR count). The van der Waals surface area contributed by atoms with Crippen molar-refractivity contribution < 1.29 is 18.1 Å². The van der Waals surface area contributed by atoms with Crippen LogP contribution in [0.5, 0.6) is 0 Å². The van der Waals surface area contributed by atoms with Crippen LogP contribution in [0.2, 0.25) is 0 Å². The van der Waals surface area contributed by atoms with Gasteiger partial charge in [0.1, 0.15) is 0 Å². The molecule has 6 heteroatoms. The average molecular weight is 424 g/mol. The number of rotatable bonds is 6. The highest BCUT2D eigenvalue weighted by Crippen LogP contribution is 2.19. The van der Waals surface area contributed by atoms with E-state index in [-0.39, 0.29) is 11.7 Å². The normalized spacial score (nSPS) is 22.5. The molecule has 2 aliphatic rings. The number of nitrogens with zero attached hydrogens (tertiary/aromatic N) is 1. The highest BCUT2D eigenvalue weighted by atomic mass is 32.2. The number of carbonyl (C=O) groups is 1. The van der Waals surface area contributed by atoms with Crippen LogP contribution in [-0.2, 0) is 21.2 Å². The number of amides is 1. The van der Waals surface area contributed by atoms with Gasteiger partial charge in [0.25, 0.3) is 5.91 Å². The van der Waals surface area contributed by atoms with Crippen molar-refractivity contribution in [3.05, 3.63) is 89.4 Å². The van der Waals surface area contributed by atoms with E-state index >= 15 is 0 Å². The monoisotopic (exact) mass is 423 g/mol. The lowest BCUT2D eigenvalue weighted by Crippen LogP contribution is -3.13. The van der Waals surface area contributed by atoms with Gasteiger partial charge in [-0.3, -0.25) is 4.79 Å². The van der Waals surface area contributed by atoms with Crippen LogP contribution in [0.3, 0.4) is 0 Å². The first-order valence-corrected chi connectivity index (χ1v) is 12.0. The van der Waals surface area contributed by atoms with E-state index in [4.69, 9.17) is 0 Å². The van der Waals surface area contributed by atoms with Gasteiger partial charge < -0.3 is 9.80 Å². The zero-order valence-corrected chi connectivity index (χ0v) is 17.7. The molecule has 30 heavy (non-hydrogen) atoms. The molecule has 2 aliphatic heterocycles. The minimum Gasteiger partial charge on any atom is -0.326 e. The van der Waals surface area contributed by atoms with Gasteiger partial charge in [-0.25, -0.2) is 8.42 Å². The second-order valence-corrected chi connectivity index (χ2v) is 9.89. The highest BCUT2D eigenvalue weighted by molar-refractivity contribution is 7.94. The Hall–Kier alpha value is -2.70. The number of sulfone groups is 1. The summed E-state index contributed by atoms with van der Waals surface area (Å²) < 4.78 is 23.9. The molecule has 0 aliphatic carbocycles. The van der Waals surface area contributed by atoms with E-state index in [1.165, 1.54) is 21.4 Å². The fourth-order valence-corrected chi connectivity index (χ4v) is 5.40. The third-order valence-corrected chi connectivity index (χ3v) is 7.14. The topological polar surface area (TPSA) is 58.9 Å². The fourth-order valence-electron chi connectivity index (χ4n) is 4.10. The van der Waals surface area contributed by atoms with E-state index in [1.54, 1.807) is 11.0 Å². The van der Waals surface area contributed by atoms with Gasteiger partial charge in [-0.2, -0.15) is 0 Å². The Kier molecular flexibility index (Phi) is 6.16. The zero-order chi connectivity index (χ0) is 21.0. The second-order valence-electron chi connectivity index (χ2n) is 7.96. The van der Waals surface area contributed by atoms with Crippen LogP contribution in [0.1, 0.15) is 17.5 Å². The minimum absolute atomic E-state index is 0.00263. The lowest BCUT2D eigenvalue weighted by molar-refractivity contribution is -0.887. The molecule has 0 radical (unpaired) electrons. The molecular formula is C24H27N2O3S+. The van der Waals surface area contributed by atoms with Crippen LogP contribution in [0.4, 0.5) is 0 Å². The number of hydrogen-bond donors (Lipinski definition) is 1. The first kappa shape index (κ1) is 20.6. The van der Waals surface area contributed by atoms with Gasteiger partial charge in [0.15, 0.2) is 16.4 Å². The van der Waals surface area contributed by atoms with Crippen molar-refractivity contribution in [3.63, 3.8) is 0 Å². The van der Waals surface area contributed by atoms with Crippen LogP contribution in [0.15, 0.2) is 78.2 Å². The molecule has 1 amide bonds. The molecule has 2 aromatic rings. The largest absolute Gasteiger partial charge is 0.326 e. The number of benzene rings is 2. The van der Waals surface area contributed by atoms with Gasteiger partial charge in [-0.15, -0.1) is 0 Å². The summed E-state index contributed by atoms with van der Waals surface area (Å²) in [6.07, 6.45) is 4.81. The van der Waals surface area contributed by atoms with E-state index in [0.717, 1.165) is 25.1 Å². The third-order valence-electron chi connectivity index (χ3n) is 5.76. The van der Waals surface area contributed by atoms with Gasteiger partial charge in [0.2, 0.25) is 0 Å². The Balaban J connectivity index is 1.44. The molecule has 2 heterocycles. The third kappa shape index (κ3) is 5.07. The number of nitrogens with one attached hydrogen (secondary N) is 1. The molecule has 2 atom stereocenters. The lowest BCUT2D eigenvalue weighted by atomic mass is 9.99. The predicted octanol–water partition coefficient (Wildman–Crippen LogP) is 1.70. The summed E-state index contributed by atoms with van der Waals surface area (Å²) in [7, 11) is -3.23. The molecule has 5 nitrogen and oxygen atoms in total. The Labute approximate surface area is 178 Å².